The molecule has 0 spiro atoms. The fourth-order valence-corrected chi connectivity index (χ4v) is 7.49. The highest BCUT2D eigenvalue weighted by Crippen LogP contribution is 2.26. The van der Waals surface area contributed by atoms with E-state index in [2.05, 4.69) is 5.32 Å². The van der Waals surface area contributed by atoms with Gasteiger partial charge in [0, 0.05) is 37.8 Å². The van der Waals surface area contributed by atoms with E-state index < -0.39 is 20.0 Å². The predicted octanol–water partition coefficient (Wildman–Crippen LogP) is 3.29. The summed E-state index contributed by atoms with van der Waals surface area (Å²) in [7, 11) is -7.10. The quantitative estimate of drug-likeness (QED) is 0.649. The van der Waals surface area contributed by atoms with Gasteiger partial charge in [0.05, 0.1) is 9.79 Å². The lowest BCUT2D eigenvalue weighted by Gasteiger charge is -2.30. The van der Waals surface area contributed by atoms with Crippen LogP contribution in [0.4, 0.5) is 5.69 Å². The van der Waals surface area contributed by atoms with E-state index in [1.807, 2.05) is 0 Å². The molecule has 34 heavy (non-hydrogen) atoms. The van der Waals surface area contributed by atoms with E-state index in [-0.39, 0.29) is 34.7 Å². The van der Waals surface area contributed by atoms with E-state index in [4.69, 9.17) is 0 Å². The summed E-state index contributed by atoms with van der Waals surface area (Å²) in [5, 5.41) is 2.85. The maximum absolute atomic E-state index is 12.9. The summed E-state index contributed by atoms with van der Waals surface area (Å²) < 4.78 is 54.4. The van der Waals surface area contributed by atoms with E-state index >= 15 is 0 Å². The van der Waals surface area contributed by atoms with Crippen LogP contribution in [-0.4, -0.2) is 57.5 Å². The van der Waals surface area contributed by atoms with Crippen LogP contribution in [0.2, 0.25) is 0 Å². The van der Waals surface area contributed by atoms with E-state index in [0.29, 0.717) is 31.6 Å². The van der Waals surface area contributed by atoms with Gasteiger partial charge in [-0.15, -0.1) is 0 Å². The molecule has 0 atom stereocenters. The summed E-state index contributed by atoms with van der Waals surface area (Å²) in [5.74, 6) is -0.484. The van der Waals surface area contributed by atoms with Crippen LogP contribution in [0.25, 0.3) is 0 Å². The molecule has 4 rings (SSSR count). The van der Waals surface area contributed by atoms with Crippen LogP contribution in [0.3, 0.4) is 0 Å². The van der Waals surface area contributed by atoms with E-state index in [1.54, 1.807) is 46.8 Å². The van der Waals surface area contributed by atoms with Crippen LogP contribution >= 0.6 is 0 Å². The lowest BCUT2D eigenvalue weighted by Crippen LogP contribution is -2.41. The summed E-state index contributed by atoms with van der Waals surface area (Å²) in [6, 6.07) is 14.6. The second-order valence-electron chi connectivity index (χ2n) is 8.82. The smallest absolute Gasteiger partial charge is 0.243 e. The first kappa shape index (κ1) is 24.8. The Balaban J connectivity index is 1.34. The standard InChI is InChI=1S/C24H31N3O5S2/c28-24(20-14-18-27(19-15-20)33(29,30)22-8-4-3-5-9-22)25-21-10-12-23(13-11-21)34(31,32)26-16-6-1-2-7-17-26/h3-5,8-13,20H,1-2,6-7,14-19H2,(H,25,28). The van der Waals surface area contributed by atoms with Crippen molar-refractivity contribution in [3.05, 3.63) is 54.6 Å². The highest BCUT2D eigenvalue weighted by molar-refractivity contribution is 7.89. The third kappa shape index (κ3) is 5.51. The minimum absolute atomic E-state index is 0.181. The van der Waals surface area contributed by atoms with E-state index in [9.17, 15) is 21.6 Å². The molecule has 0 saturated carbocycles. The molecule has 0 radical (unpaired) electrons. The number of sulfonamides is 2. The van der Waals surface area contributed by atoms with E-state index in [0.717, 1.165) is 25.7 Å². The van der Waals surface area contributed by atoms with Gasteiger partial charge in [-0.3, -0.25) is 4.79 Å². The SMILES string of the molecule is O=C(Nc1ccc(S(=O)(=O)N2CCCCCC2)cc1)C1CCN(S(=O)(=O)c2ccccc2)CC1. The van der Waals surface area contributed by atoms with Gasteiger partial charge in [0.25, 0.3) is 0 Å². The number of hydrogen-bond acceptors (Lipinski definition) is 5. The van der Waals surface area contributed by atoms with Crippen LogP contribution in [0.15, 0.2) is 64.4 Å². The Morgan fingerprint density at radius 3 is 1.74 bits per heavy atom. The maximum atomic E-state index is 12.9. The molecule has 0 unspecified atom stereocenters. The number of amides is 1. The van der Waals surface area contributed by atoms with Crippen molar-refractivity contribution >= 4 is 31.6 Å². The number of nitrogens with one attached hydrogen (secondary N) is 1. The molecule has 184 valence electrons. The van der Waals surface area contributed by atoms with Gasteiger partial charge in [-0.05, 0) is 62.1 Å². The lowest BCUT2D eigenvalue weighted by atomic mass is 9.97. The summed E-state index contributed by atoms with van der Waals surface area (Å²) >= 11 is 0. The van der Waals surface area contributed by atoms with Crippen LogP contribution in [-0.2, 0) is 24.8 Å². The van der Waals surface area contributed by atoms with Gasteiger partial charge in [-0.25, -0.2) is 16.8 Å². The number of nitrogens with zero attached hydrogens (tertiary/aromatic N) is 2. The summed E-state index contributed by atoms with van der Waals surface area (Å²) in [6.07, 6.45) is 4.71. The molecular weight excluding hydrogens is 474 g/mol. The highest BCUT2D eigenvalue weighted by atomic mass is 32.2. The van der Waals surface area contributed by atoms with Crippen molar-refractivity contribution in [2.24, 2.45) is 5.92 Å². The first-order valence-electron chi connectivity index (χ1n) is 11.7. The summed E-state index contributed by atoms with van der Waals surface area (Å²) in [5.41, 5.74) is 0.527. The molecule has 0 aliphatic carbocycles. The Labute approximate surface area is 202 Å². The molecule has 10 heteroatoms. The highest BCUT2D eigenvalue weighted by Gasteiger charge is 2.32. The average molecular weight is 506 g/mol. The van der Waals surface area contributed by atoms with Gasteiger partial charge in [0.15, 0.2) is 0 Å². The number of rotatable bonds is 6. The monoisotopic (exact) mass is 505 g/mol. The molecule has 1 N–H and O–H groups in total. The maximum Gasteiger partial charge on any atom is 0.243 e. The average Bonchev–Trinajstić information content (AvgIpc) is 3.15. The van der Waals surface area contributed by atoms with Gasteiger partial charge in [-0.2, -0.15) is 8.61 Å². The topological polar surface area (TPSA) is 104 Å². The van der Waals surface area contributed by atoms with Gasteiger partial charge in [0.1, 0.15) is 0 Å². The normalized spacial score (nSPS) is 19.4. The van der Waals surface area contributed by atoms with Crippen LogP contribution in [0, 0.1) is 5.92 Å². The fourth-order valence-electron chi connectivity index (χ4n) is 4.49. The third-order valence-electron chi connectivity index (χ3n) is 6.53. The zero-order valence-electron chi connectivity index (χ0n) is 19.1. The molecule has 2 aromatic rings. The molecule has 2 aliphatic rings. The van der Waals surface area contributed by atoms with Crippen molar-refractivity contribution in [1.29, 1.82) is 0 Å². The van der Waals surface area contributed by atoms with Crippen molar-refractivity contribution in [3.8, 4) is 0 Å². The first-order chi connectivity index (χ1) is 16.3. The van der Waals surface area contributed by atoms with Crippen molar-refractivity contribution in [3.63, 3.8) is 0 Å². The minimum atomic E-state index is -3.56. The number of carbonyl (C=O) groups excluding carboxylic acids is 1. The van der Waals surface area contributed by atoms with Crippen molar-refractivity contribution in [2.75, 3.05) is 31.5 Å². The number of anilines is 1. The molecule has 2 heterocycles. The van der Waals surface area contributed by atoms with Crippen LogP contribution in [0.1, 0.15) is 38.5 Å². The first-order valence-corrected chi connectivity index (χ1v) is 14.6. The van der Waals surface area contributed by atoms with Crippen molar-refractivity contribution < 1.29 is 21.6 Å². The molecule has 0 bridgehead atoms. The zero-order chi connectivity index (χ0) is 24.2. The Kier molecular flexibility index (Phi) is 7.71. The van der Waals surface area contributed by atoms with Gasteiger partial charge in [0.2, 0.25) is 26.0 Å². The van der Waals surface area contributed by atoms with Crippen LogP contribution < -0.4 is 5.32 Å². The third-order valence-corrected chi connectivity index (χ3v) is 10.4. The second-order valence-corrected chi connectivity index (χ2v) is 12.7. The number of carbonyl (C=O) groups is 1. The minimum Gasteiger partial charge on any atom is -0.326 e. The van der Waals surface area contributed by atoms with Gasteiger partial charge < -0.3 is 5.32 Å². The number of hydrogen-bond donors (Lipinski definition) is 1. The van der Waals surface area contributed by atoms with E-state index in [1.165, 1.54) is 16.4 Å². The van der Waals surface area contributed by atoms with Gasteiger partial charge >= 0.3 is 0 Å². The number of benzene rings is 2. The lowest BCUT2D eigenvalue weighted by molar-refractivity contribution is -0.120. The Morgan fingerprint density at radius 2 is 1.18 bits per heavy atom. The number of piperidine rings is 1. The molecule has 2 aromatic carbocycles. The fraction of sp³-hybridized carbons (Fsp3) is 0.458. The molecule has 2 fully saturated rings. The largest absolute Gasteiger partial charge is 0.326 e. The summed E-state index contributed by atoms with van der Waals surface area (Å²) in [4.78, 5) is 13.2. The Hall–Kier alpha value is -2.27. The molecule has 2 saturated heterocycles. The second kappa shape index (κ2) is 10.6. The van der Waals surface area contributed by atoms with Crippen molar-refractivity contribution in [2.45, 2.75) is 48.3 Å². The van der Waals surface area contributed by atoms with Crippen LogP contribution in [0.5, 0.6) is 0 Å². The Bertz CT molecular complexity index is 1180. The molecule has 1 amide bonds. The van der Waals surface area contributed by atoms with Crippen molar-refractivity contribution in [1.82, 2.24) is 8.61 Å². The zero-order valence-corrected chi connectivity index (χ0v) is 20.7. The predicted molar refractivity (Wildman–Crippen MR) is 130 cm³/mol. The molecule has 0 aromatic heterocycles. The molecule has 2 aliphatic heterocycles. The Morgan fingerprint density at radius 1 is 0.676 bits per heavy atom. The molecular formula is C24H31N3O5S2. The summed E-state index contributed by atoms with van der Waals surface area (Å²) in [6.45, 7) is 1.64. The van der Waals surface area contributed by atoms with Gasteiger partial charge in [-0.1, -0.05) is 31.0 Å². The molecule has 8 nitrogen and oxygen atoms in total.